The van der Waals surface area contributed by atoms with Crippen molar-refractivity contribution in [2.45, 2.75) is 57.7 Å². The molecule has 42 heavy (non-hydrogen) atoms. The molecule has 5 aromatic rings. The summed E-state index contributed by atoms with van der Waals surface area (Å²) in [5, 5.41) is 18.2. The largest absolute Gasteiger partial charge is 0.489 e. The predicted molar refractivity (Wildman–Crippen MR) is 161 cm³/mol. The number of ether oxygens (including phenoxy) is 2. The van der Waals surface area contributed by atoms with Crippen molar-refractivity contribution in [3.8, 4) is 11.4 Å². The smallest absolute Gasteiger partial charge is 0.355 e. The fourth-order valence-electron chi connectivity index (χ4n) is 5.63. The molecule has 1 aliphatic rings. The van der Waals surface area contributed by atoms with Crippen molar-refractivity contribution in [2.24, 2.45) is 0 Å². The number of aromatic nitrogens is 5. The average Bonchev–Trinajstić information content (AvgIpc) is 3.66. The van der Waals surface area contributed by atoms with E-state index in [2.05, 4.69) is 25.8 Å². The summed E-state index contributed by atoms with van der Waals surface area (Å²) in [6.45, 7) is 2.53. The molecule has 2 N–H and O–H groups in total. The normalized spacial score (nSPS) is 14.6. The number of esters is 1. The van der Waals surface area contributed by atoms with Gasteiger partial charge in [-0.3, -0.25) is 0 Å². The van der Waals surface area contributed by atoms with Crippen LogP contribution < -0.4 is 10.1 Å². The Bertz CT molecular complexity index is 1640. The minimum atomic E-state index is -0.494. The Hall–Kier alpha value is -4.21. The second-order valence-corrected chi connectivity index (χ2v) is 10.9. The Morgan fingerprint density at radius 3 is 2.62 bits per heavy atom. The number of nitrogens with zero attached hydrogens (tertiary/aromatic N) is 4. The highest BCUT2D eigenvalue weighted by Crippen LogP contribution is 2.35. The number of hydrogen-bond donors (Lipinski definition) is 2. The zero-order valence-electron chi connectivity index (χ0n) is 23.4. The van der Waals surface area contributed by atoms with Gasteiger partial charge >= 0.3 is 5.97 Å². The molecule has 0 aliphatic heterocycles. The minimum Gasteiger partial charge on any atom is -0.489 e. The van der Waals surface area contributed by atoms with E-state index in [0.717, 1.165) is 59.2 Å². The van der Waals surface area contributed by atoms with E-state index in [1.807, 2.05) is 72.8 Å². The summed E-state index contributed by atoms with van der Waals surface area (Å²) in [5.41, 5.74) is 3.72. The summed E-state index contributed by atoms with van der Waals surface area (Å²) >= 11 is 6.33. The number of nitrogens with one attached hydrogen (secondary N) is 2. The number of rotatable bonds is 10. The summed E-state index contributed by atoms with van der Waals surface area (Å²) in [6, 6.07) is 23.0. The highest BCUT2D eigenvalue weighted by molar-refractivity contribution is 6.31. The highest BCUT2D eigenvalue weighted by atomic mass is 35.5. The third kappa shape index (κ3) is 6.03. The van der Waals surface area contributed by atoms with Crippen LogP contribution in [0.15, 0.2) is 72.8 Å². The maximum Gasteiger partial charge on any atom is 0.355 e. The summed E-state index contributed by atoms with van der Waals surface area (Å²) in [4.78, 5) is 16.5. The van der Waals surface area contributed by atoms with Gasteiger partial charge in [0, 0.05) is 27.5 Å². The van der Waals surface area contributed by atoms with Crippen LogP contribution in [0.1, 0.15) is 72.5 Å². The van der Waals surface area contributed by atoms with Crippen molar-refractivity contribution in [3.63, 3.8) is 0 Å². The SMILES string of the molecule is CCOC(=O)c1[nH]c2cc(Cl)ccc2c1C(NC1CCCCC1)c1nnnn1-c1ccc(OCc2ccccc2)cc1. The average molecular weight is 585 g/mol. The van der Waals surface area contributed by atoms with Crippen LogP contribution in [0.25, 0.3) is 16.6 Å². The third-order valence-corrected chi connectivity index (χ3v) is 7.89. The molecule has 0 saturated heterocycles. The maximum absolute atomic E-state index is 13.3. The van der Waals surface area contributed by atoms with Crippen LogP contribution >= 0.6 is 11.6 Å². The van der Waals surface area contributed by atoms with E-state index in [1.54, 1.807) is 11.6 Å². The van der Waals surface area contributed by atoms with Crippen LogP contribution in [0.3, 0.4) is 0 Å². The van der Waals surface area contributed by atoms with E-state index in [4.69, 9.17) is 21.1 Å². The van der Waals surface area contributed by atoms with E-state index in [9.17, 15) is 4.79 Å². The van der Waals surface area contributed by atoms with Gasteiger partial charge < -0.3 is 19.8 Å². The molecule has 1 aliphatic carbocycles. The number of hydrogen-bond acceptors (Lipinski definition) is 7. The van der Waals surface area contributed by atoms with Crippen molar-refractivity contribution in [1.82, 2.24) is 30.5 Å². The Labute approximate surface area is 249 Å². The lowest BCUT2D eigenvalue weighted by Crippen LogP contribution is -2.37. The highest BCUT2D eigenvalue weighted by Gasteiger charge is 2.33. The van der Waals surface area contributed by atoms with Crippen molar-refractivity contribution >= 4 is 28.5 Å². The first kappa shape index (κ1) is 27.9. The molecule has 1 atom stereocenters. The molecule has 10 heteroatoms. The molecule has 9 nitrogen and oxygen atoms in total. The number of H-pyrrole nitrogens is 1. The second-order valence-electron chi connectivity index (χ2n) is 10.5. The molecule has 2 heterocycles. The van der Waals surface area contributed by atoms with E-state index in [-0.39, 0.29) is 12.6 Å². The quantitative estimate of drug-likeness (QED) is 0.179. The Morgan fingerprint density at radius 1 is 1.07 bits per heavy atom. The number of tetrazole rings is 1. The number of fused-ring (bicyclic) bond motifs is 1. The van der Waals surface area contributed by atoms with Crippen molar-refractivity contribution in [2.75, 3.05) is 6.61 Å². The summed E-state index contributed by atoms with van der Waals surface area (Å²) in [6.07, 6.45) is 5.59. The van der Waals surface area contributed by atoms with Gasteiger partial charge in [0.15, 0.2) is 5.82 Å². The summed E-state index contributed by atoms with van der Waals surface area (Å²) in [5.74, 6) is 0.876. The molecule has 6 rings (SSSR count). The fraction of sp³-hybridized carbons (Fsp3) is 0.312. The predicted octanol–water partition coefficient (Wildman–Crippen LogP) is 6.56. The lowest BCUT2D eigenvalue weighted by atomic mass is 9.93. The van der Waals surface area contributed by atoms with E-state index >= 15 is 0 Å². The number of carbonyl (C=O) groups excluding carboxylic acids is 1. The summed E-state index contributed by atoms with van der Waals surface area (Å²) in [7, 11) is 0. The van der Waals surface area contributed by atoms with Crippen LogP contribution in [0.4, 0.5) is 0 Å². The lowest BCUT2D eigenvalue weighted by molar-refractivity contribution is 0.0518. The molecule has 0 amide bonds. The Kier molecular flexibility index (Phi) is 8.48. The molecule has 0 spiro atoms. The van der Waals surface area contributed by atoms with Gasteiger partial charge in [-0.2, -0.15) is 4.68 Å². The zero-order valence-corrected chi connectivity index (χ0v) is 24.2. The van der Waals surface area contributed by atoms with Crippen LogP contribution in [-0.2, 0) is 11.3 Å². The number of benzene rings is 3. The number of carbonyl (C=O) groups is 1. The van der Waals surface area contributed by atoms with E-state index in [1.165, 1.54) is 6.42 Å². The molecular formula is C32H33ClN6O3. The van der Waals surface area contributed by atoms with Crippen LogP contribution in [0.2, 0.25) is 5.02 Å². The van der Waals surface area contributed by atoms with Crippen LogP contribution in [-0.4, -0.2) is 43.8 Å². The van der Waals surface area contributed by atoms with Crippen LogP contribution in [0, 0.1) is 0 Å². The summed E-state index contributed by atoms with van der Waals surface area (Å²) < 4.78 is 13.2. The molecule has 0 radical (unpaired) electrons. The second kappa shape index (κ2) is 12.8. The van der Waals surface area contributed by atoms with Gasteiger partial charge in [-0.15, -0.1) is 5.10 Å². The molecule has 3 aromatic carbocycles. The third-order valence-electron chi connectivity index (χ3n) is 7.66. The molecular weight excluding hydrogens is 552 g/mol. The molecule has 216 valence electrons. The molecule has 1 saturated carbocycles. The van der Waals surface area contributed by atoms with Gasteiger partial charge in [-0.25, -0.2) is 4.79 Å². The first-order valence-electron chi connectivity index (χ1n) is 14.4. The van der Waals surface area contributed by atoms with E-state index < -0.39 is 12.0 Å². The van der Waals surface area contributed by atoms with Gasteiger partial charge in [0.05, 0.1) is 18.3 Å². The van der Waals surface area contributed by atoms with Crippen molar-refractivity contribution in [3.05, 3.63) is 100 Å². The maximum atomic E-state index is 13.3. The molecule has 0 bridgehead atoms. The van der Waals surface area contributed by atoms with Crippen LogP contribution in [0.5, 0.6) is 5.75 Å². The van der Waals surface area contributed by atoms with Gasteiger partial charge in [0.25, 0.3) is 0 Å². The topological polar surface area (TPSA) is 107 Å². The lowest BCUT2D eigenvalue weighted by Gasteiger charge is -2.28. The number of aromatic amines is 1. The zero-order chi connectivity index (χ0) is 28.9. The van der Waals surface area contributed by atoms with Gasteiger partial charge in [0.2, 0.25) is 0 Å². The molecule has 1 fully saturated rings. The first-order chi connectivity index (χ1) is 20.6. The van der Waals surface area contributed by atoms with E-state index in [0.29, 0.717) is 23.1 Å². The van der Waals surface area contributed by atoms with Gasteiger partial charge in [-0.1, -0.05) is 67.3 Å². The number of halogens is 1. The van der Waals surface area contributed by atoms with Crippen molar-refractivity contribution < 1.29 is 14.3 Å². The monoisotopic (exact) mass is 584 g/mol. The molecule has 1 unspecified atom stereocenters. The Balaban J connectivity index is 1.38. The van der Waals surface area contributed by atoms with Crippen molar-refractivity contribution in [1.29, 1.82) is 0 Å². The first-order valence-corrected chi connectivity index (χ1v) is 14.8. The fourth-order valence-corrected chi connectivity index (χ4v) is 5.80. The van der Waals surface area contributed by atoms with Gasteiger partial charge in [0.1, 0.15) is 18.1 Å². The molecule has 2 aromatic heterocycles. The standard InChI is InChI=1S/C32H33ClN6O3/c1-2-41-32(40)30-28(26-18-13-22(33)19-27(26)35-30)29(34-23-11-7-4-8-12-23)31-36-37-38-39(31)24-14-16-25(17-15-24)42-20-21-9-5-3-6-10-21/h3,5-6,9-10,13-19,23,29,34-35H,2,4,7-8,11-12,20H2,1H3. The van der Waals surface area contributed by atoms with Gasteiger partial charge in [-0.05, 0) is 72.2 Å². The minimum absolute atomic E-state index is 0.245. The Morgan fingerprint density at radius 2 is 1.86 bits per heavy atom.